The average Bonchev–Trinajstić information content (AvgIpc) is 3.30. The molecular formula is C22H19ClF4N4O3. The summed E-state index contributed by atoms with van der Waals surface area (Å²) in [4.78, 5) is 12.1. The van der Waals surface area contributed by atoms with Crippen molar-refractivity contribution in [2.75, 3.05) is 13.2 Å². The van der Waals surface area contributed by atoms with E-state index in [1.54, 1.807) is 0 Å². The van der Waals surface area contributed by atoms with E-state index in [2.05, 4.69) is 20.8 Å². The largest absolute Gasteiger partial charge is 0.484 e. The summed E-state index contributed by atoms with van der Waals surface area (Å²) in [5.74, 6) is -0.365. The molecule has 0 bridgehead atoms. The standard InChI is InChI=1S/C22H19ClF4N4O3/c23-16-7-6-15(9-17(16)24)33-11-19(32)29-14-5-8-18(28-10-14)21-31-30-20(34-21)12-1-3-13(4-2-12)22(25,26)27/h1-4,6-7,9,14,18,28H,5,8,10-11H2,(H,29,32)/t14-,18+/m0/s1. The minimum Gasteiger partial charge on any atom is -0.484 e. The Morgan fingerprint density at radius 2 is 1.94 bits per heavy atom. The number of benzene rings is 2. The highest BCUT2D eigenvalue weighted by molar-refractivity contribution is 6.30. The summed E-state index contributed by atoms with van der Waals surface area (Å²) in [7, 11) is 0. The molecule has 3 aromatic rings. The summed E-state index contributed by atoms with van der Waals surface area (Å²) in [6.07, 6.45) is -3.21. The van der Waals surface area contributed by atoms with Crippen molar-refractivity contribution in [3.63, 3.8) is 0 Å². The van der Waals surface area contributed by atoms with Crippen LogP contribution in [0.2, 0.25) is 5.02 Å². The molecule has 180 valence electrons. The van der Waals surface area contributed by atoms with Gasteiger partial charge >= 0.3 is 6.18 Å². The van der Waals surface area contributed by atoms with E-state index in [4.69, 9.17) is 20.8 Å². The van der Waals surface area contributed by atoms with E-state index >= 15 is 0 Å². The van der Waals surface area contributed by atoms with Gasteiger partial charge in [0.1, 0.15) is 11.6 Å². The number of alkyl halides is 3. The van der Waals surface area contributed by atoms with Crippen molar-refractivity contribution in [2.24, 2.45) is 0 Å². The highest BCUT2D eigenvalue weighted by Gasteiger charge is 2.30. The Balaban J connectivity index is 1.26. The molecule has 4 rings (SSSR count). The minimum atomic E-state index is -4.42. The molecule has 7 nitrogen and oxygen atoms in total. The highest BCUT2D eigenvalue weighted by atomic mass is 35.5. The van der Waals surface area contributed by atoms with Crippen molar-refractivity contribution in [3.8, 4) is 17.2 Å². The molecule has 2 heterocycles. The van der Waals surface area contributed by atoms with E-state index in [9.17, 15) is 22.4 Å². The van der Waals surface area contributed by atoms with Crippen molar-refractivity contribution < 1.29 is 31.5 Å². The number of amides is 1. The van der Waals surface area contributed by atoms with Crippen LogP contribution in [-0.4, -0.2) is 35.3 Å². The van der Waals surface area contributed by atoms with Gasteiger partial charge in [-0.15, -0.1) is 10.2 Å². The molecule has 0 spiro atoms. The monoisotopic (exact) mass is 498 g/mol. The first kappa shape index (κ1) is 24.0. The lowest BCUT2D eigenvalue weighted by atomic mass is 10.0. The van der Waals surface area contributed by atoms with Crippen LogP contribution in [0.4, 0.5) is 17.6 Å². The fraction of sp³-hybridized carbons (Fsp3) is 0.318. The van der Waals surface area contributed by atoms with Crippen LogP contribution in [0, 0.1) is 5.82 Å². The van der Waals surface area contributed by atoms with Gasteiger partial charge in [0, 0.05) is 24.2 Å². The van der Waals surface area contributed by atoms with Gasteiger partial charge in [-0.1, -0.05) is 11.6 Å². The van der Waals surface area contributed by atoms with E-state index in [0.29, 0.717) is 30.8 Å². The van der Waals surface area contributed by atoms with E-state index in [0.717, 1.165) is 18.2 Å². The third kappa shape index (κ3) is 5.84. The molecule has 2 atom stereocenters. The highest BCUT2D eigenvalue weighted by Crippen LogP contribution is 2.31. The summed E-state index contributed by atoms with van der Waals surface area (Å²) in [6, 6.07) is 7.97. The molecule has 0 radical (unpaired) electrons. The van der Waals surface area contributed by atoms with Crippen LogP contribution in [-0.2, 0) is 11.0 Å². The third-order valence-corrected chi connectivity index (χ3v) is 5.54. The van der Waals surface area contributed by atoms with Gasteiger partial charge in [0.05, 0.1) is 16.6 Å². The number of nitrogens with one attached hydrogen (secondary N) is 2. The summed E-state index contributed by atoms with van der Waals surface area (Å²) in [5, 5.41) is 13.9. The Hall–Kier alpha value is -3.18. The maximum absolute atomic E-state index is 13.4. The Morgan fingerprint density at radius 1 is 1.18 bits per heavy atom. The zero-order chi connectivity index (χ0) is 24.3. The first-order valence-electron chi connectivity index (χ1n) is 10.3. The fourth-order valence-electron chi connectivity index (χ4n) is 3.47. The van der Waals surface area contributed by atoms with Crippen LogP contribution in [0.3, 0.4) is 0 Å². The minimum absolute atomic E-state index is 0.0348. The van der Waals surface area contributed by atoms with E-state index in [1.165, 1.54) is 24.3 Å². The number of halogens is 5. The molecule has 34 heavy (non-hydrogen) atoms. The number of ether oxygens (including phenoxy) is 1. The van der Waals surface area contributed by atoms with Gasteiger partial charge in [0.25, 0.3) is 5.91 Å². The molecule has 2 N–H and O–H groups in total. The van der Waals surface area contributed by atoms with Crippen molar-refractivity contribution in [2.45, 2.75) is 31.1 Å². The first-order valence-corrected chi connectivity index (χ1v) is 10.7. The lowest BCUT2D eigenvalue weighted by molar-refractivity contribution is -0.137. The van der Waals surface area contributed by atoms with Gasteiger partial charge in [-0.2, -0.15) is 13.2 Å². The van der Waals surface area contributed by atoms with Crippen molar-refractivity contribution in [1.82, 2.24) is 20.8 Å². The molecule has 0 unspecified atom stereocenters. The normalized spacial score (nSPS) is 18.5. The van der Waals surface area contributed by atoms with Crippen LogP contribution < -0.4 is 15.4 Å². The lowest BCUT2D eigenvalue weighted by Gasteiger charge is -2.28. The van der Waals surface area contributed by atoms with Crippen molar-refractivity contribution in [1.29, 1.82) is 0 Å². The molecule has 12 heteroatoms. The van der Waals surface area contributed by atoms with E-state index in [1.807, 2.05) is 0 Å². The molecule has 1 saturated heterocycles. The second kappa shape index (κ2) is 9.98. The third-order valence-electron chi connectivity index (χ3n) is 5.24. The van der Waals surface area contributed by atoms with Crippen molar-refractivity contribution in [3.05, 3.63) is 64.8 Å². The molecule has 1 fully saturated rings. The second-order valence-electron chi connectivity index (χ2n) is 7.69. The van der Waals surface area contributed by atoms with Crippen LogP contribution in [0.5, 0.6) is 5.75 Å². The molecule has 2 aromatic carbocycles. The number of nitrogens with zero attached hydrogens (tertiary/aromatic N) is 2. The van der Waals surface area contributed by atoms with Gasteiger partial charge in [-0.05, 0) is 49.2 Å². The number of carbonyl (C=O) groups excluding carboxylic acids is 1. The van der Waals surface area contributed by atoms with Gasteiger partial charge in [0.2, 0.25) is 11.8 Å². The number of carbonyl (C=O) groups is 1. The topological polar surface area (TPSA) is 89.3 Å². The van der Waals surface area contributed by atoms with E-state index in [-0.39, 0.29) is 41.3 Å². The maximum atomic E-state index is 13.4. The SMILES string of the molecule is O=C(COc1ccc(Cl)c(F)c1)N[C@H]1CC[C@H](c2nnc(-c3ccc(C(F)(F)F)cc3)o2)NC1. The maximum Gasteiger partial charge on any atom is 0.416 e. The summed E-state index contributed by atoms with van der Waals surface area (Å²) < 4.78 is 62.5. The van der Waals surface area contributed by atoms with Crippen LogP contribution in [0.25, 0.3) is 11.5 Å². The molecule has 0 saturated carbocycles. The molecule has 1 aliphatic rings. The first-order chi connectivity index (χ1) is 16.2. The van der Waals surface area contributed by atoms with Crippen LogP contribution in [0.15, 0.2) is 46.9 Å². The summed E-state index contributed by atoms with van der Waals surface area (Å²) >= 11 is 5.61. The smallest absolute Gasteiger partial charge is 0.416 e. The average molecular weight is 499 g/mol. The Labute approximate surface area is 196 Å². The van der Waals surface area contributed by atoms with Gasteiger partial charge < -0.3 is 19.8 Å². The Morgan fingerprint density at radius 3 is 2.59 bits per heavy atom. The zero-order valence-electron chi connectivity index (χ0n) is 17.5. The predicted molar refractivity (Wildman–Crippen MR) is 114 cm³/mol. The lowest BCUT2D eigenvalue weighted by Crippen LogP contribution is -2.48. The number of piperidine rings is 1. The molecule has 1 amide bonds. The quantitative estimate of drug-likeness (QED) is 0.485. The van der Waals surface area contributed by atoms with Crippen LogP contribution in [0.1, 0.15) is 30.3 Å². The zero-order valence-corrected chi connectivity index (χ0v) is 18.3. The molecule has 0 aliphatic carbocycles. The summed E-state index contributed by atoms with van der Waals surface area (Å²) in [5.41, 5.74) is -0.378. The van der Waals surface area contributed by atoms with Gasteiger partial charge in [-0.3, -0.25) is 4.79 Å². The Bertz CT molecular complexity index is 1150. The van der Waals surface area contributed by atoms with Gasteiger partial charge in [0.15, 0.2) is 6.61 Å². The van der Waals surface area contributed by atoms with E-state index < -0.39 is 17.6 Å². The van der Waals surface area contributed by atoms with Crippen molar-refractivity contribution >= 4 is 17.5 Å². The second-order valence-corrected chi connectivity index (χ2v) is 8.09. The predicted octanol–water partition coefficient (Wildman–Crippen LogP) is 4.54. The number of rotatable bonds is 6. The van der Waals surface area contributed by atoms with Gasteiger partial charge in [-0.25, -0.2) is 4.39 Å². The number of hydrogen-bond acceptors (Lipinski definition) is 6. The number of aromatic nitrogens is 2. The summed E-state index contributed by atoms with van der Waals surface area (Å²) in [6.45, 7) is 0.158. The Kier molecular flexibility index (Phi) is 7.03. The molecular weight excluding hydrogens is 480 g/mol. The number of hydrogen-bond donors (Lipinski definition) is 2. The molecule has 1 aliphatic heterocycles. The fourth-order valence-corrected chi connectivity index (χ4v) is 3.59. The van der Waals surface area contributed by atoms with Crippen LogP contribution >= 0.6 is 11.6 Å². The molecule has 1 aromatic heterocycles.